The number of carbonyl (C=O) groups excluding carboxylic acids is 2. The van der Waals surface area contributed by atoms with Crippen molar-refractivity contribution in [3.05, 3.63) is 60.4 Å². The lowest BCUT2D eigenvalue weighted by atomic mass is 10.2. The minimum Gasteiger partial charge on any atom is -0.449 e. The van der Waals surface area contributed by atoms with E-state index in [1.165, 1.54) is 6.92 Å². The molecule has 0 unspecified atom stereocenters. The second-order valence-electron chi connectivity index (χ2n) is 6.60. The second kappa shape index (κ2) is 7.15. The Morgan fingerprint density at radius 2 is 1.59 bits per heavy atom. The maximum atomic E-state index is 13.1. The average Bonchev–Trinajstić information content (AvgIpc) is 3.06. The fraction of sp³-hybridized carbons (Fsp3) is 0.238. The molecule has 0 atom stereocenters. The van der Waals surface area contributed by atoms with Crippen molar-refractivity contribution in [2.45, 2.75) is 6.92 Å². The maximum Gasteiger partial charge on any atom is 0.291 e. The third kappa shape index (κ3) is 3.38. The van der Waals surface area contributed by atoms with Gasteiger partial charge in [0, 0.05) is 44.2 Å². The van der Waals surface area contributed by atoms with E-state index in [-0.39, 0.29) is 17.6 Å². The van der Waals surface area contributed by atoms with Crippen LogP contribution >= 0.6 is 0 Å². The van der Waals surface area contributed by atoms with E-state index < -0.39 is 0 Å². The van der Waals surface area contributed by atoms with E-state index in [9.17, 15) is 9.59 Å². The van der Waals surface area contributed by atoms with E-state index in [1.807, 2.05) is 36.4 Å². The van der Waals surface area contributed by atoms with Gasteiger partial charge < -0.3 is 19.5 Å². The molecule has 0 aliphatic carbocycles. The number of furan rings is 1. The van der Waals surface area contributed by atoms with Gasteiger partial charge in [-0.25, -0.2) is 0 Å². The zero-order valence-electron chi connectivity index (χ0n) is 15.1. The summed E-state index contributed by atoms with van der Waals surface area (Å²) in [6.45, 7) is 4.14. The number of rotatable bonds is 3. The van der Waals surface area contributed by atoms with Gasteiger partial charge in [0.2, 0.25) is 11.7 Å². The molecule has 138 valence electrons. The minimum atomic E-state index is -0.232. The molecule has 1 N–H and O–H groups in total. The Labute approximate surface area is 157 Å². The summed E-state index contributed by atoms with van der Waals surface area (Å²) >= 11 is 0. The van der Waals surface area contributed by atoms with Crippen LogP contribution < -0.4 is 10.2 Å². The molecule has 0 radical (unpaired) electrons. The highest BCUT2D eigenvalue weighted by Crippen LogP contribution is 2.32. The molecule has 0 saturated carbocycles. The second-order valence-corrected chi connectivity index (χ2v) is 6.60. The predicted octanol–water partition coefficient (Wildman–Crippen LogP) is 3.35. The summed E-state index contributed by atoms with van der Waals surface area (Å²) in [5.41, 5.74) is 2.20. The number of piperazine rings is 1. The van der Waals surface area contributed by atoms with Crippen LogP contribution in [0.25, 0.3) is 11.0 Å². The Bertz CT molecular complexity index is 973. The van der Waals surface area contributed by atoms with E-state index in [4.69, 9.17) is 4.42 Å². The van der Waals surface area contributed by atoms with Crippen molar-refractivity contribution in [2.24, 2.45) is 0 Å². The first-order valence-electron chi connectivity index (χ1n) is 9.02. The van der Waals surface area contributed by atoms with Crippen LogP contribution in [-0.2, 0) is 4.79 Å². The summed E-state index contributed by atoms with van der Waals surface area (Å²) < 4.78 is 5.81. The van der Waals surface area contributed by atoms with Crippen molar-refractivity contribution in [3.8, 4) is 0 Å². The molecule has 0 spiro atoms. The lowest BCUT2D eigenvalue weighted by Crippen LogP contribution is -2.48. The third-order valence-corrected chi connectivity index (χ3v) is 4.78. The number of fused-ring (bicyclic) bond motifs is 1. The normalized spacial score (nSPS) is 14.4. The topological polar surface area (TPSA) is 65.8 Å². The van der Waals surface area contributed by atoms with Gasteiger partial charge >= 0.3 is 0 Å². The van der Waals surface area contributed by atoms with Gasteiger partial charge in [-0.2, -0.15) is 0 Å². The Morgan fingerprint density at radius 3 is 2.30 bits per heavy atom. The number of para-hydroxylation sites is 2. The van der Waals surface area contributed by atoms with Gasteiger partial charge in [-0.05, 0) is 24.3 Å². The molecule has 1 saturated heterocycles. The molecule has 27 heavy (non-hydrogen) atoms. The highest BCUT2D eigenvalue weighted by molar-refractivity contribution is 6.10. The van der Waals surface area contributed by atoms with E-state index in [0.29, 0.717) is 24.4 Å². The van der Waals surface area contributed by atoms with Crippen LogP contribution in [-0.4, -0.2) is 42.9 Å². The number of amides is 2. The number of hydrogen-bond acceptors (Lipinski definition) is 4. The summed E-state index contributed by atoms with van der Waals surface area (Å²) in [6.07, 6.45) is 0. The van der Waals surface area contributed by atoms with E-state index >= 15 is 0 Å². The maximum absolute atomic E-state index is 13.1. The zero-order valence-corrected chi connectivity index (χ0v) is 15.1. The van der Waals surface area contributed by atoms with Crippen LogP contribution in [0.1, 0.15) is 17.5 Å². The van der Waals surface area contributed by atoms with Gasteiger partial charge in [0.05, 0.1) is 0 Å². The van der Waals surface area contributed by atoms with Crippen molar-refractivity contribution in [1.29, 1.82) is 0 Å². The van der Waals surface area contributed by atoms with Crippen LogP contribution in [0, 0.1) is 0 Å². The number of nitrogens with one attached hydrogen (secondary N) is 1. The van der Waals surface area contributed by atoms with E-state index in [1.54, 1.807) is 11.0 Å². The number of anilines is 2. The molecule has 1 aromatic heterocycles. The van der Waals surface area contributed by atoms with Crippen molar-refractivity contribution in [1.82, 2.24) is 4.90 Å². The Hall–Kier alpha value is -3.28. The number of nitrogens with zero attached hydrogens (tertiary/aromatic N) is 2. The molecule has 4 rings (SSSR count). The SMILES string of the molecule is CC(=O)Nc1c(C(=O)N2CCN(c3ccccc3)CC2)oc2ccccc12. The van der Waals surface area contributed by atoms with Crippen LogP contribution in [0.3, 0.4) is 0 Å². The van der Waals surface area contributed by atoms with Crippen LogP contribution in [0.4, 0.5) is 11.4 Å². The molecular formula is C21H21N3O3. The monoisotopic (exact) mass is 363 g/mol. The molecule has 0 bridgehead atoms. The summed E-state index contributed by atoms with van der Waals surface area (Å²) in [4.78, 5) is 28.7. The Balaban J connectivity index is 1.56. The van der Waals surface area contributed by atoms with Gasteiger partial charge in [-0.1, -0.05) is 30.3 Å². The van der Waals surface area contributed by atoms with Crippen LogP contribution in [0.15, 0.2) is 59.0 Å². The first kappa shape index (κ1) is 17.1. The lowest BCUT2D eigenvalue weighted by molar-refractivity contribution is -0.114. The first-order valence-corrected chi connectivity index (χ1v) is 9.02. The number of benzene rings is 2. The molecule has 3 aromatic rings. The molecule has 1 aliphatic heterocycles. The molecule has 2 aromatic carbocycles. The van der Waals surface area contributed by atoms with Crippen molar-refractivity contribution in [2.75, 3.05) is 36.4 Å². The Morgan fingerprint density at radius 1 is 0.926 bits per heavy atom. The largest absolute Gasteiger partial charge is 0.449 e. The van der Waals surface area contributed by atoms with E-state index in [0.717, 1.165) is 24.2 Å². The van der Waals surface area contributed by atoms with Gasteiger partial charge in [0.25, 0.3) is 5.91 Å². The van der Waals surface area contributed by atoms with Crippen LogP contribution in [0.5, 0.6) is 0 Å². The van der Waals surface area contributed by atoms with Crippen molar-refractivity contribution < 1.29 is 14.0 Å². The highest BCUT2D eigenvalue weighted by Gasteiger charge is 2.28. The molecule has 1 aliphatic rings. The average molecular weight is 363 g/mol. The smallest absolute Gasteiger partial charge is 0.291 e. The lowest BCUT2D eigenvalue weighted by Gasteiger charge is -2.35. The fourth-order valence-corrected chi connectivity index (χ4v) is 3.45. The fourth-order valence-electron chi connectivity index (χ4n) is 3.45. The van der Waals surface area contributed by atoms with Crippen molar-refractivity contribution in [3.63, 3.8) is 0 Å². The molecule has 2 amide bonds. The quantitative estimate of drug-likeness (QED) is 0.775. The summed E-state index contributed by atoms with van der Waals surface area (Å²) in [5, 5.41) is 3.50. The summed E-state index contributed by atoms with van der Waals surface area (Å²) in [7, 11) is 0. The zero-order chi connectivity index (χ0) is 18.8. The molecule has 1 fully saturated rings. The minimum absolute atomic E-state index is 0.192. The predicted molar refractivity (Wildman–Crippen MR) is 105 cm³/mol. The standard InChI is InChI=1S/C21H21N3O3/c1-15(25)22-19-17-9-5-6-10-18(17)27-20(19)21(26)24-13-11-23(12-14-24)16-7-3-2-4-8-16/h2-10H,11-14H2,1H3,(H,22,25). The number of carbonyl (C=O) groups is 2. The van der Waals surface area contributed by atoms with Crippen molar-refractivity contribution >= 4 is 34.2 Å². The Kier molecular flexibility index (Phi) is 4.54. The van der Waals surface area contributed by atoms with Gasteiger partial charge in [0.1, 0.15) is 11.3 Å². The molecule has 2 heterocycles. The van der Waals surface area contributed by atoms with Gasteiger partial charge in [-0.15, -0.1) is 0 Å². The number of hydrogen-bond donors (Lipinski definition) is 1. The molecule has 6 nitrogen and oxygen atoms in total. The highest BCUT2D eigenvalue weighted by atomic mass is 16.3. The van der Waals surface area contributed by atoms with Gasteiger partial charge in [-0.3, -0.25) is 9.59 Å². The van der Waals surface area contributed by atoms with Crippen LogP contribution in [0.2, 0.25) is 0 Å². The van der Waals surface area contributed by atoms with E-state index in [2.05, 4.69) is 22.3 Å². The summed E-state index contributed by atoms with van der Waals surface area (Å²) in [5.74, 6) is -0.230. The first-order chi connectivity index (χ1) is 13.1. The van der Waals surface area contributed by atoms with Gasteiger partial charge in [0.15, 0.2) is 0 Å². The summed E-state index contributed by atoms with van der Waals surface area (Å²) in [6, 6.07) is 17.5. The third-order valence-electron chi connectivity index (χ3n) is 4.78. The molecule has 6 heteroatoms. The molecular weight excluding hydrogens is 342 g/mol.